The molecule has 2 unspecified atom stereocenters. The van der Waals surface area contributed by atoms with E-state index in [1.54, 1.807) is 0 Å². The van der Waals surface area contributed by atoms with Crippen LogP contribution >= 0.6 is 0 Å². The van der Waals surface area contributed by atoms with Crippen LogP contribution in [0.15, 0.2) is 24.3 Å². The maximum absolute atomic E-state index is 11.8. The van der Waals surface area contributed by atoms with E-state index in [1.165, 1.54) is 13.1 Å². The third-order valence-corrected chi connectivity index (χ3v) is 8.98. The number of fused-ring (bicyclic) bond motifs is 2. The van der Waals surface area contributed by atoms with Crippen molar-refractivity contribution in [1.82, 2.24) is 19.6 Å². The monoisotopic (exact) mass is 681 g/mol. The number of hydrogen-bond donors (Lipinski definition) is 0. The standard InChI is InChI=1S/C11H13NO.C9H17NO.C7H15NO.C7H13NO.C2H6.4CH4/c1-8(2)12-7-9-5-3-4-6-10(9)11(12)13;1-7(2)10-3-8-5-11-6-9(8)4-10;1-7(2)8-3-5-9-6-4-8;1-6(2)8-5-3-4-7(8)9;1-2;;;;/h3-6,8H,7H2,1-2H3;7-9H,3-6H2,1-2H3;7H,3-6H2,1-2H3;6H,3-5H2,1-2H3;1-2H3;4*1H4. The molecule has 1 aromatic rings. The summed E-state index contributed by atoms with van der Waals surface area (Å²) in [4.78, 5) is 31.5. The molecule has 0 spiro atoms. The SMILES string of the molecule is C.C.C.C.CC.CC(C)N1CC2COCC2C1.CC(C)N1CCCC1=O.CC(C)N1CCOCC1.CC(C)N1Cc2ccccc2C1=O. The van der Waals surface area contributed by atoms with E-state index in [0.717, 1.165) is 94.5 Å². The van der Waals surface area contributed by atoms with Crippen LogP contribution in [0.3, 0.4) is 0 Å². The molecule has 5 aliphatic heterocycles. The van der Waals surface area contributed by atoms with E-state index in [9.17, 15) is 9.59 Å². The molecular weight excluding hydrogens is 600 g/mol. The van der Waals surface area contributed by atoms with Crippen LogP contribution in [-0.2, 0) is 20.8 Å². The highest BCUT2D eigenvalue weighted by Gasteiger charge is 2.37. The highest BCUT2D eigenvalue weighted by molar-refractivity contribution is 5.98. The van der Waals surface area contributed by atoms with Crippen LogP contribution in [0.25, 0.3) is 0 Å². The molecule has 8 heteroatoms. The van der Waals surface area contributed by atoms with Crippen LogP contribution in [-0.4, -0.2) is 115 Å². The summed E-state index contributed by atoms with van der Waals surface area (Å²) in [5.74, 6) is 2.19. The van der Waals surface area contributed by atoms with Gasteiger partial charge in [-0.3, -0.25) is 14.5 Å². The molecule has 0 N–H and O–H groups in total. The van der Waals surface area contributed by atoms with Gasteiger partial charge in [0.05, 0.1) is 26.4 Å². The number of rotatable bonds is 4. The Morgan fingerprint density at radius 1 is 0.646 bits per heavy atom. The number of nitrogens with zero attached hydrogens (tertiary/aromatic N) is 4. The maximum atomic E-state index is 11.8. The van der Waals surface area contributed by atoms with E-state index < -0.39 is 0 Å². The number of carbonyl (C=O) groups is 2. The molecule has 5 heterocycles. The molecular formula is C40H80N4O4. The first kappa shape index (κ1) is 50.4. The Morgan fingerprint density at radius 3 is 1.52 bits per heavy atom. The van der Waals surface area contributed by atoms with Crippen molar-refractivity contribution >= 4 is 11.8 Å². The molecule has 0 bridgehead atoms. The Hall–Kier alpha value is -2.00. The topological polar surface area (TPSA) is 65.6 Å². The average molecular weight is 681 g/mol. The Balaban J connectivity index is -0.000000543. The number of amides is 2. The minimum absolute atomic E-state index is 0. The van der Waals surface area contributed by atoms with Crippen molar-refractivity contribution in [3.05, 3.63) is 35.4 Å². The predicted molar refractivity (Wildman–Crippen MR) is 208 cm³/mol. The van der Waals surface area contributed by atoms with Gasteiger partial charge in [0.25, 0.3) is 5.91 Å². The zero-order chi connectivity index (χ0) is 32.8. The number of benzene rings is 1. The summed E-state index contributed by atoms with van der Waals surface area (Å²) in [7, 11) is 0. The first-order valence-electron chi connectivity index (χ1n) is 17.3. The van der Waals surface area contributed by atoms with Crippen molar-refractivity contribution in [3.63, 3.8) is 0 Å². The fraction of sp³-hybridized carbons (Fsp3) is 0.800. The Kier molecular flexibility index (Phi) is 27.2. The fourth-order valence-corrected chi connectivity index (χ4v) is 6.15. The lowest BCUT2D eigenvalue weighted by Crippen LogP contribution is -2.40. The number of morpholine rings is 1. The molecule has 8 nitrogen and oxygen atoms in total. The van der Waals surface area contributed by atoms with Gasteiger partial charge in [0, 0.05) is 87.3 Å². The van der Waals surface area contributed by atoms with Crippen molar-refractivity contribution < 1.29 is 19.1 Å². The second-order valence-electron chi connectivity index (χ2n) is 13.3. The molecule has 4 saturated heterocycles. The highest BCUT2D eigenvalue weighted by Crippen LogP contribution is 2.30. The molecule has 0 aliphatic carbocycles. The molecule has 0 saturated carbocycles. The second-order valence-corrected chi connectivity index (χ2v) is 13.3. The molecule has 4 fully saturated rings. The van der Waals surface area contributed by atoms with E-state index in [0.29, 0.717) is 24.0 Å². The van der Waals surface area contributed by atoms with E-state index in [2.05, 4.69) is 51.3 Å². The fourth-order valence-electron chi connectivity index (χ4n) is 6.15. The molecule has 2 amide bonds. The van der Waals surface area contributed by atoms with E-state index in [4.69, 9.17) is 9.47 Å². The van der Waals surface area contributed by atoms with E-state index in [1.807, 2.05) is 61.8 Å². The van der Waals surface area contributed by atoms with Gasteiger partial charge in [-0.05, 0) is 73.4 Å². The number of hydrogen-bond acceptors (Lipinski definition) is 6. The number of carbonyl (C=O) groups excluding carboxylic acids is 2. The zero-order valence-corrected chi connectivity index (χ0v) is 29.7. The van der Waals surface area contributed by atoms with Gasteiger partial charge < -0.3 is 24.2 Å². The summed E-state index contributed by atoms with van der Waals surface area (Å²) in [6, 6.07) is 9.93. The zero-order valence-electron chi connectivity index (χ0n) is 29.7. The molecule has 0 aromatic heterocycles. The average Bonchev–Trinajstić information content (AvgIpc) is 3.80. The van der Waals surface area contributed by atoms with Gasteiger partial charge in [0.1, 0.15) is 0 Å². The maximum Gasteiger partial charge on any atom is 0.254 e. The van der Waals surface area contributed by atoms with Gasteiger partial charge in [-0.2, -0.15) is 0 Å². The predicted octanol–water partition coefficient (Wildman–Crippen LogP) is 8.34. The summed E-state index contributed by atoms with van der Waals surface area (Å²) in [5, 5.41) is 0. The van der Waals surface area contributed by atoms with Crippen molar-refractivity contribution in [3.8, 4) is 0 Å². The van der Waals surface area contributed by atoms with E-state index in [-0.39, 0.29) is 35.6 Å². The summed E-state index contributed by atoms with van der Waals surface area (Å²) >= 11 is 0. The molecule has 2 atom stereocenters. The molecule has 0 radical (unpaired) electrons. The minimum Gasteiger partial charge on any atom is -0.381 e. The quantitative estimate of drug-likeness (QED) is 0.319. The first-order valence-corrected chi connectivity index (χ1v) is 17.3. The van der Waals surface area contributed by atoms with Gasteiger partial charge in [-0.15, -0.1) is 0 Å². The Labute approximate surface area is 298 Å². The van der Waals surface area contributed by atoms with E-state index >= 15 is 0 Å². The number of likely N-dealkylation sites (tertiary alicyclic amines) is 2. The summed E-state index contributed by atoms with van der Waals surface area (Å²) in [5.41, 5.74) is 2.03. The summed E-state index contributed by atoms with van der Waals surface area (Å²) in [6.07, 6.45) is 1.81. The van der Waals surface area contributed by atoms with Crippen molar-refractivity contribution in [1.29, 1.82) is 0 Å². The third-order valence-electron chi connectivity index (χ3n) is 8.98. The summed E-state index contributed by atoms with van der Waals surface area (Å²) < 4.78 is 10.6. The third kappa shape index (κ3) is 15.3. The van der Waals surface area contributed by atoms with Gasteiger partial charge in [0.2, 0.25) is 5.91 Å². The van der Waals surface area contributed by atoms with Gasteiger partial charge in [0.15, 0.2) is 0 Å². The highest BCUT2D eigenvalue weighted by atomic mass is 16.5. The van der Waals surface area contributed by atoms with Crippen LogP contribution < -0.4 is 0 Å². The van der Waals surface area contributed by atoms with Crippen LogP contribution in [0.4, 0.5) is 0 Å². The van der Waals surface area contributed by atoms with Crippen molar-refractivity contribution in [2.75, 3.05) is 59.2 Å². The van der Waals surface area contributed by atoms with Gasteiger partial charge in [-0.1, -0.05) is 61.8 Å². The second kappa shape index (κ2) is 25.9. The lowest BCUT2D eigenvalue weighted by Gasteiger charge is -2.29. The normalized spacial score (nSPS) is 21.1. The van der Waals surface area contributed by atoms with Gasteiger partial charge >= 0.3 is 0 Å². The number of ether oxygens (including phenoxy) is 2. The Bertz CT molecular complexity index is 966. The molecule has 284 valence electrons. The van der Waals surface area contributed by atoms with Crippen molar-refractivity contribution in [2.45, 2.75) is 142 Å². The molecule has 48 heavy (non-hydrogen) atoms. The lowest BCUT2D eigenvalue weighted by molar-refractivity contribution is -0.129. The minimum atomic E-state index is 0. The van der Waals surface area contributed by atoms with Crippen LogP contribution in [0, 0.1) is 11.8 Å². The molecule has 6 rings (SSSR count). The first-order chi connectivity index (χ1) is 21.0. The smallest absolute Gasteiger partial charge is 0.254 e. The van der Waals surface area contributed by atoms with Crippen LogP contribution in [0.5, 0.6) is 0 Å². The Morgan fingerprint density at radius 2 is 1.15 bits per heavy atom. The lowest BCUT2D eigenvalue weighted by atomic mass is 10.0. The van der Waals surface area contributed by atoms with Crippen LogP contribution in [0.1, 0.15) is 128 Å². The van der Waals surface area contributed by atoms with Gasteiger partial charge in [-0.25, -0.2) is 0 Å². The van der Waals surface area contributed by atoms with Crippen molar-refractivity contribution in [2.24, 2.45) is 11.8 Å². The van der Waals surface area contributed by atoms with Crippen LogP contribution in [0.2, 0.25) is 0 Å². The molecule has 5 aliphatic rings. The largest absolute Gasteiger partial charge is 0.381 e. The summed E-state index contributed by atoms with van der Waals surface area (Å²) in [6.45, 7) is 31.6. The molecule has 1 aromatic carbocycles.